The molecule has 1 saturated carbocycles. The Kier molecular flexibility index (Phi) is 5.07. The molecule has 0 aliphatic heterocycles. The maximum absolute atomic E-state index is 12.4. The van der Waals surface area contributed by atoms with Crippen molar-refractivity contribution in [3.8, 4) is 0 Å². The number of benzene rings is 1. The second-order valence-electron chi connectivity index (χ2n) is 5.33. The molecule has 0 spiro atoms. The summed E-state index contributed by atoms with van der Waals surface area (Å²) in [6.45, 7) is 0.746. The highest BCUT2D eigenvalue weighted by atomic mass is 35.5. The van der Waals surface area contributed by atoms with Crippen LogP contribution in [-0.4, -0.2) is 46.5 Å². The van der Waals surface area contributed by atoms with E-state index in [1.807, 2.05) is 12.1 Å². The van der Waals surface area contributed by atoms with Gasteiger partial charge in [-0.15, -0.1) is 0 Å². The Balaban J connectivity index is 1.95. The molecule has 0 bridgehead atoms. The van der Waals surface area contributed by atoms with Crippen LogP contribution in [-0.2, 0) is 11.3 Å². The summed E-state index contributed by atoms with van der Waals surface area (Å²) >= 11 is 5.84. The van der Waals surface area contributed by atoms with Crippen molar-refractivity contribution in [2.45, 2.75) is 31.8 Å². The highest BCUT2D eigenvalue weighted by molar-refractivity contribution is 6.30. The number of aliphatic carboxylic acids is 1. The summed E-state index contributed by atoms with van der Waals surface area (Å²) in [5.74, 6) is -0.881. The van der Waals surface area contributed by atoms with E-state index in [0.29, 0.717) is 11.6 Å². The Morgan fingerprint density at radius 1 is 1.29 bits per heavy atom. The number of nitrogens with zero attached hydrogens (tertiary/aromatic N) is 2. The fraction of sp³-hybridized carbons (Fsp3) is 0.467. The zero-order chi connectivity index (χ0) is 15.4. The lowest BCUT2D eigenvalue weighted by atomic mass is 10.2. The molecule has 1 aliphatic rings. The summed E-state index contributed by atoms with van der Waals surface area (Å²) in [5, 5.41) is 9.44. The minimum atomic E-state index is -0.881. The maximum Gasteiger partial charge on any atom is 0.320 e. The molecule has 6 heteroatoms. The highest BCUT2D eigenvalue weighted by Gasteiger charge is 2.34. The Hall–Kier alpha value is -1.75. The number of hydrogen-bond acceptors (Lipinski definition) is 2. The van der Waals surface area contributed by atoms with Crippen molar-refractivity contribution >= 4 is 23.6 Å². The first kappa shape index (κ1) is 15.6. The van der Waals surface area contributed by atoms with Gasteiger partial charge in [0, 0.05) is 31.2 Å². The van der Waals surface area contributed by atoms with Gasteiger partial charge in [-0.25, -0.2) is 4.79 Å². The van der Waals surface area contributed by atoms with Crippen LogP contribution in [0.3, 0.4) is 0 Å². The van der Waals surface area contributed by atoms with Crippen molar-refractivity contribution in [1.82, 2.24) is 9.80 Å². The molecule has 1 fully saturated rings. The first-order valence-electron chi connectivity index (χ1n) is 6.95. The Morgan fingerprint density at radius 2 is 1.90 bits per heavy atom. The summed E-state index contributed by atoms with van der Waals surface area (Å²) in [7, 11) is 1.73. The van der Waals surface area contributed by atoms with Gasteiger partial charge in [-0.2, -0.15) is 0 Å². The van der Waals surface area contributed by atoms with Gasteiger partial charge in [-0.1, -0.05) is 23.7 Å². The summed E-state index contributed by atoms with van der Waals surface area (Å²) in [6.07, 6.45) is 1.90. The highest BCUT2D eigenvalue weighted by Crippen LogP contribution is 2.28. The molecular weight excluding hydrogens is 292 g/mol. The lowest BCUT2D eigenvalue weighted by molar-refractivity contribution is -0.137. The molecule has 1 aromatic carbocycles. The van der Waals surface area contributed by atoms with Crippen LogP contribution in [0.15, 0.2) is 24.3 Å². The maximum atomic E-state index is 12.4. The lowest BCUT2D eigenvalue weighted by Gasteiger charge is -2.28. The van der Waals surface area contributed by atoms with Crippen molar-refractivity contribution in [2.75, 3.05) is 13.6 Å². The molecule has 0 saturated heterocycles. The quantitative estimate of drug-likeness (QED) is 0.879. The van der Waals surface area contributed by atoms with Crippen LogP contribution in [0.4, 0.5) is 4.79 Å². The number of rotatable bonds is 6. The molecular formula is C15H19ClN2O3. The molecule has 21 heavy (non-hydrogen) atoms. The molecule has 0 unspecified atom stereocenters. The lowest BCUT2D eigenvalue weighted by Crippen LogP contribution is -2.43. The zero-order valence-electron chi connectivity index (χ0n) is 12.0. The first-order valence-corrected chi connectivity index (χ1v) is 7.33. The summed E-state index contributed by atoms with van der Waals surface area (Å²) in [6, 6.07) is 7.42. The van der Waals surface area contributed by atoms with Crippen molar-refractivity contribution in [3.05, 3.63) is 34.9 Å². The van der Waals surface area contributed by atoms with Crippen LogP contribution in [0.25, 0.3) is 0 Å². The monoisotopic (exact) mass is 310 g/mol. The molecule has 0 atom stereocenters. The van der Waals surface area contributed by atoms with Gasteiger partial charge in [0.15, 0.2) is 0 Å². The van der Waals surface area contributed by atoms with E-state index in [0.717, 1.165) is 18.4 Å². The fourth-order valence-corrected chi connectivity index (χ4v) is 2.31. The van der Waals surface area contributed by atoms with Gasteiger partial charge >= 0.3 is 12.0 Å². The van der Waals surface area contributed by atoms with Crippen LogP contribution in [0.1, 0.15) is 24.8 Å². The van der Waals surface area contributed by atoms with Crippen molar-refractivity contribution in [3.63, 3.8) is 0 Å². The zero-order valence-corrected chi connectivity index (χ0v) is 12.7. The van der Waals surface area contributed by atoms with Crippen LogP contribution in [0.2, 0.25) is 5.02 Å². The van der Waals surface area contributed by atoms with E-state index in [1.54, 1.807) is 29.0 Å². The third-order valence-electron chi connectivity index (χ3n) is 3.46. The molecule has 0 radical (unpaired) electrons. The number of carboxylic acids is 1. The average molecular weight is 311 g/mol. The van der Waals surface area contributed by atoms with E-state index >= 15 is 0 Å². The van der Waals surface area contributed by atoms with E-state index < -0.39 is 5.97 Å². The van der Waals surface area contributed by atoms with E-state index in [2.05, 4.69) is 0 Å². The summed E-state index contributed by atoms with van der Waals surface area (Å²) < 4.78 is 0. The molecule has 1 N–H and O–H groups in total. The largest absolute Gasteiger partial charge is 0.481 e. The standard InChI is InChI=1S/C15H19ClN2O3/c1-17(10-11-2-4-12(16)5-3-11)15(21)18(13-6-7-13)9-8-14(19)20/h2-5,13H,6-10H2,1H3,(H,19,20). The summed E-state index contributed by atoms with van der Waals surface area (Å²) in [5.41, 5.74) is 0.990. The van der Waals surface area contributed by atoms with E-state index in [1.165, 1.54) is 0 Å². The SMILES string of the molecule is CN(Cc1ccc(Cl)cc1)C(=O)N(CCC(=O)O)C1CC1. The third kappa shape index (κ3) is 4.63. The predicted octanol–water partition coefficient (Wildman–Crippen LogP) is 2.83. The van der Waals surface area contributed by atoms with Crippen LogP contribution >= 0.6 is 11.6 Å². The first-order chi connectivity index (χ1) is 9.97. The smallest absolute Gasteiger partial charge is 0.320 e. The van der Waals surface area contributed by atoms with Gasteiger partial charge < -0.3 is 14.9 Å². The number of hydrogen-bond donors (Lipinski definition) is 1. The predicted molar refractivity (Wildman–Crippen MR) is 80.3 cm³/mol. The third-order valence-corrected chi connectivity index (χ3v) is 3.71. The van der Waals surface area contributed by atoms with Gasteiger partial charge in [0.05, 0.1) is 6.42 Å². The van der Waals surface area contributed by atoms with Gasteiger partial charge in [-0.3, -0.25) is 4.79 Å². The number of halogens is 1. The van der Waals surface area contributed by atoms with Gasteiger partial charge in [0.1, 0.15) is 0 Å². The Labute approximate surface area is 129 Å². The number of carbonyl (C=O) groups excluding carboxylic acids is 1. The van der Waals surface area contributed by atoms with E-state index in [4.69, 9.17) is 16.7 Å². The molecule has 2 rings (SSSR count). The molecule has 5 nitrogen and oxygen atoms in total. The molecule has 1 aromatic rings. The van der Waals surface area contributed by atoms with Crippen LogP contribution in [0.5, 0.6) is 0 Å². The van der Waals surface area contributed by atoms with Crippen LogP contribution < -0.4 is 0 Å². The number of amides is 2. The topological polar surface area (TPSA) is 60.9 Å². The van der Waals surface area contributed by atoms with Gasteiger partial charge in [0.25, 0.3) is 0 Å². The normalized spacial score (nSPS) is 13.8. The van der Waals surface area contributed by atoms with E-state index in [-0.39, 0.29) is 25.0 Å². The second kappa shape index (κ2) is 6.80. The van der Waals surface area contributed by atoms with E-state index in [9.17, 15) is 9.59 Å². The molecule has 1 aliphatic carbocycles. The minimum Gasteiger partial charge on any atom is -0.481 e. The number of carbonyl (C=O) groups is 2. The van der Waals surface area contributed by atoms with Gasteiger partial charge in [-0.05, 0) is 30.5 Å². The molecule has 0 heterocycles. The van der Waals surface area contributed by atoms with Gasteiger partial charge in [0.2, 0.25) is 0 Å². The molecule has 0 aromatic heterocycles. The molecule has 114 valence electrons. The summed E-state index contributed by atoms with van der Waals surface area (Å²) in [4.78, 5) is 26.4. The van der Waals surface area contributed by atoms with Crippen LogP contribution in [0, 0.1) is 0 Å². The van der Waals surface area contributed by atoms with Crippen molar-refractivity contribution < 1.29 is 14.7 Å². The number of urea groups is 1. The van der Waals surface area contributed by atoms with Crippen molar-refractivity contribution in [2.24, 2.45) is 0 Å². The van der Waals surface area contributed by atoms with Crippen molar-refractivity contribution in [1.29, 1.82) is 0 Å². The molecule has 2 amide bonds. The Morgan fingerprint density at radius 3 is 2.43 bits per heavy atom. The Bertz CT molecular complexity index is 514. The number of carboxylic acid groups (broad SMARTS) is 1. The minimum absolute atomic E-state index is 0.0168. The second-order valence-corrected chi connectivity index (χ2v) is 5.77. The fourth-order valence-electron chi connectivity index (χ4n) is 2.19. The average Bonchev–Trinajstić information content (AvgIpc) is 3.25.